The third-order valence-corrected chi connectivity index (χ3v) is 4.11. The Morgan fingerprint density at radius 2 is 2.05 bits per heavy atom. The fourth-order valence-corrected chi connectivity index (χ4v) is 2.81. The van der Waals surface area contributed by atoms with E-state index >= 15 is 0 Å². The van der Waals surface area contributed by atoms with Gasteiger partial charge >= 0.3 is 0 Å². The molecule has 0 saturated heterocycles. The zero-order chi connectivity index (χ0) is 14.6. The highest BCUT2D eigenvalue weighted by Gasteiger charge is 2.23. The van der Waals surface area contributed by atoms with Crippen LogP contribution in [0.4, 0.5) is 5.69 Å². The number of nitrogen functional groups attached to an aromatic ring is 1. The molecule has 6 nitrogen and oxygen atoms in total. The molecule has 0 aliphatic heterocycles. The van der Waals surface area contributed by atoms with Crippen LogP contribution in [0.3, 0.4) is 0 Å². The molecule has 1 aromatic carbocycles. The highest BCUT2D eigenvalue weighted by atomic mass is 35.5. The Morgan fingerprint density at radius 3 is 2.53 bits per heavy atom. The van der Waals surface area contributed by atoms with Gasteiger partial charge in [0.1, 0.15) is 0 Å². The molecule has 106 valence electrons. The molecule has 0 saturated carbocycles. The van der Waals surface area contributed by atoms with Crippen molar-refractivity contribution >= 4 is 33.8 Å². The molecule has 0 fully saturated rings. The molecular formula is C11H15ClN2O4S. The Labute approximate surface area is 116 Å². The second kappa shape index (κ2) is 6.23. The van der Waals surface area contributed by atoms with Crippen molar-refractivity contribution in [1.82, 2.24) is 4.72 Å². The van der Waals surface area contributed by atoms with Crippen molar-refractivity contribution in [3.05, 3.63) is 23.2 Å². The van der Waals surface area contributed by atoms with Crippen LogP contribution in [0.25, 0.3) is 0 Å². The first-order valence-electron chi connectivity index (χ1n) is 5.44. The van der Waals surface area contributed by atoms with Gasteiger partial charge in [0.15, 0.2) is 6.23 Å². The molecule has 19 heavy (non-hydrogen) atoms. The van der Waals surface area contributed by atoms with Gasteiger partial charge in [0, 0.05) is 5.92 Å². The van der Waals surface area contributed by atoms with Crippen LogP contribution >= 0.6 is 11.6 Å². The predicted molar refractivity (Wildman–Crippen MR) is 72.0 cm³/mol. The predicted octanol–water partition coefficient (Wildman–Crippen LogP) is 1.36. The number of halogens is 1. The minimum Gasteiger partial charge on any atom is -0.447 e. The summed E-state index contributed by atoms with van der Waals surface area (Å²) in [7, 11) is -3.84. The standard InChI is InChI=1S/C11H15ClN2O4S/c1-7(2)11(18-6-15)14-19(16,17)8-3-4-10(13)9(12)5-8/h3-7,11,14H,13H2,1-2H3. The van der Waals surface area contributed by atoms with Gasteiger partial charge in [-0.05, 0) is 18.2 Å². The number of rotatable bonds is 6. The Balaban J connectivity index is 3.02. The number of anilines is 1. The number of carbonyl (C=O) groups is 1. The molecule has 1 atom stereocenters. The van der Waals surface area contributed by atoms with Gasteiger partial charge in [-0.3, -0.25) is 4.79 Å². The van der Waals surface area contributed by atoms with E-state index in [9.17, 15) is 13.2 Å². The molecule has 0 heterocycles. The summed E-state index contributed by atoms with van der Waals surface area (Å²) < 4.78 is 31.1. The van der Waals surface area contributed by atoms with Crippen LogP contribution < -0.4 is 10.5 Å². The van der Waals surface area contributed by atoms with Crippen LogP contribution in [0.1, 0.15) is 13.8 Å². The molecule has 1 aromatic rings. The number of nitrogens with one attached hydrogen (secondary N) is 1. The van der Waals surface area contributed by atoms with E-state index in [-0.39, 0.29) is 28.0 Å². The highest BCUT2D eigenvalue weighted by Crippen LogP contribution is 2.22. The fourth-order valence-electron chi connectivity index (χ4n) is 1.28. The van der Waals surface area contributed by atoms with Crippen LogP contribution in [0.15, 0.2) is 23.1 Å². The molecule has 0 aromatic heterocycles. The topological polar surface area (TPSA) is 98.5 Å². The van der Waals surface area contributed by atoms with Crippen molar-refractivity contribution in [2.75, 3.05) is 5.73 Å². The van der Waals surface area contributed by atoms with E-state index < -0.39 is 16.3 Å². The monoisotopic (exact) mass is 306 g/mol. The number of carbonyl (C=O) groups excluding carboxylic acids is 1. The summed E-state index contributed by atoms with van der Waals surface area (Å²) in [5.74, 6) is -0.218. The smallest absolute Gasteiger partial charge is 0.294 e. The van der Waals surface area contributed by atoms with Crippen molar-refractivity contribution in [2.45, 2.75) is 25.0 Å². The van der Waals surface area contributed by atoms with Crippen LogP contribution in [0.5, 0.6) is 0 Å². The molecular weight excluding hydrogens is 292 g/mol. The van der Waals surface area contributed by atoms with E-state index in [0.29, 0.717) is 0 Å². The molecule has 1 rings (SSSR count). The zero-order valence-corrected chi connectivity index (χ0v) is 12.0. The molecule has 3 N–H and O–H groups in total. The maximum atomic E-state index is 12.1. The van der Waals surface area contributed by atoms with E-state index in [2.05, 4.69) is 9.46 Å². The summed E-state index contributed by atoms with van der Waals surface area (Å²) in [5, 5.41) is 0.139. The Morgan fingerprint density at radius 1 is 1.42 bits per heavy atom. The lowest BCUT2D eigenvalue weighted by Crippen LogP contribution is -2.40. The Bertz CT molecular complexity index is 560. The van der Waals surface area contributed by atoms with E-state index in [0.717, 1.165) is 0 Å². The minimum atomic E-state index is -3.84. The number of nitrogens with two attached hydrogens (primary N) is 1. The lowest BCUT2D eigenvalue weighted by Gasteiger charge is -2.20. The lowest BCUT2D eigenvalue weighted by molar-refractivity contribution is -0.136. The first kappa shape index (κ1) is 15.7. The third kappa shape index (κ3) is 4.09. The van der Waals surface area contributed by atoms with Gasteiger partial charge in [-0.25, -0.2) is 8.42 Å². The second-order valence-electron chi connectivity index (χ2n) is 4.20. The van der Waals surface area contributed by atoms with Crippen LogP contribution in [0.2, 0.25) is 5.02 Å². The van der Waals surface area contributed by atoms with E-state index in [4.69, 9.17) is 17.3 Å². The van der Waals surface area contributed by atoms with Gasteiger partial charge in [0.25, 0.3) is 6.47 Å². The van der Waals surface area contributed by atoms with Gasteiger partial charge in [0.2, 0.25) is 10.0 Å². The summed E-state index contributed by atoms with van der Waals surface area (Å²) in [6.45, 7) is 3.63. The average Bonchev–Trinajstić information content (AvgIpc) is 2.31. The molecule has 0 bridgehead atoms. The van der Waals surface area contributed by atoms with Gasteiger partial charge in [-0.1, -0.05) is 25.4 Å². The van der Waals surface area contributed by atoms with E-state index in [1.54, 1.807) is 13.8 Å². The van der Waals surface area contributed by atoms with Crippen LogP contribution in [-0.4, -0.2) is 21.1 Å². The lowest BCUT2D eigenvalue weighted by atomic mass is 10.2. The number of hydrogen-bond donors (Lipinski definition) is 2. The first-order chi connectivity index (χ1) is 8.77. The van der Waals surface area contributed by atoms with E-state index in [1.165, 1.54) is 18.2 Å². The highest BCUT2D eigenvalue weighted by molar-refractivity contribution is 7.89. The third-order valence-electron chi connectivity index (χ3n) is 2.36. The van der Waals surface area contributed by atoms with Crippen molar-refractivity contribution in [2.24, 2.45) is 5.92 Å². The molecule has 0 spiro atoms. The van der Waals surface area contributed by atoms with Gasteiger partial charge in [0.05, 0.1) is 15.6 Å². The Hall–Kier alpha value is -1.31. The zero-order valence-electron chi connectivity index (χ0n) is 10.5. The second-order valence-corrected chi connectivity index (χ2v) is 6.32. The fraction of sp³-hybridized carbons (Fsp3) is 0.364. The maximum absolute atomic E-state index is 12.1. The van der Waals surface area contributed by atoms with Gasteiger partial charge < -0.3 is 10.5 Å². The van der Waals surface area contributed by atoms with Crippen molar-refractivity contribution in [3.8, 4) is 0 Å². The maximum Gasteiger partial charge on any atom is 0.294 e. The van der Waals surface area contributed by atoms with Crippen molar-refractivity contribution < 1.29 is 17.9 Å². The number of sulfonamides is 1. The molecule has 8 heteroatoms. The molecule has 0 aliphatic rings. The summed E-state index contributed by atoms with van der Waals surface area (Å²) in [6.07, 6.45) is -0.946. The average molecular weight is 307 g/mol. The summed E-state index contributed by atoms with van der Waals surface area (Å²) in [6, 6.07) is 3.95. The summed E-state index contributed by atoms with van der Waals surface area (Å²) >= 11 is 5.78. The number of hydrogen-bond acceptors (Lipinski definition) is 5. The van der Waals surface area contributed by atoms with Gasteiger partial charge in [-0.15, -0.1) is 0 Å². The van der Waals surface area contributed by atoms with Gasteiger partial charge in [-0.2, -0.15) is 4.72 Å². The molecule has 0 aliphatic carbocycles. The van der Waals surface area contributed by atoms with Crippen LogP contribution in [0, 0.1) is 5.92 Å². The van der Waals surface area contributed by atoms with E-state index in [1.807, 2.05) is 0 Å². The molecule has 0 radical (unpaired) electrons. The first-order valence-corrected chi connectivity index (χ1v) is 7.30. The van der Waals surface area contributed by atoms with Crippen molar-refractivity contribution in [3.63, 3.8) is 0 Å². The number of ether oxygens (including phenoxy) is 1. The SMILES string of the molecule is CC(C)C(NS(=O)(=O)c1ccc(N)c(Cl)c1)OC=O. The largest absolute Gasteiger partial charge is 0.447 e. The van der Waals surface area contributed by atoms with Crippen molar-refractivity contribution in [1.29, 1.82) is 0 Å². The molecule has 1 unspecified atom stereocenters. The molecule has 0 amide bonds. The summed E-state index contributed by atoms with van der Waals surface area (Å²) in [4.78, 5) is 10.3. The summed E-state index contributed by atoms with van der Waals surface area (Å²) in [5.41, 5.74) is 5.79. The quantitative estimate of drug-likeness (QED) is 0.469. The van der Waals surface area contributed by atoms with Crippen LogP contribution in [-0.2, 0) is 19.6 Å². The Kier molecular flexibility index (Phi) is 5.16. The number of benzene rings is 1. The normalized spacial score (nSPS) is 13.3. The minimum absolute atomic E-state index is 0.0492.